The molecule has 1 atom stereocenters. The Kier molecular flexibility index (Phi) is 8.18. The third-order valence-corrected chi connectivity index (χ3v) is 5.30. The van der Waals surface area contributed by atoms with Crippen LogP contribution in [0, 0.1) is 5.92 Å². The van der Waals surface area contributed by atoms with Crippen molar-refractivity contribution < 1.29 is 18.3 Å². The number of guanidine groups is 1. The van der Waals surface area contributed by atoms with Crippen LogP contribution in [-0.2, 0) is 17.9 Å². The van der Waals surface area contributed by atoms with Gasteiger partial charge in [-0.3, -0.25) is 9.79 Å². The van der Waals surface area contributed by atoms with E-state index in [4.69, 9.17) is 5.73 Å². The molecule has 32 heavy (non-hydrogen) atoms. The molecule has 2 aromatic rings. The molecule has 1 aliphatic rings. The molecular formula is C22H28F2N6O2. The minimum Gasteiger partial charge on any atom is -0.434 e. The Labute approximate surface area is 185 Å². The van der Waals surface area contributed by atoms with Crippen LogP contribution in [0.15, 0.2) is 47.6 Å². The molecule has 1 aromatic carbocycles. The van der Waals surface area contributed by atoms with Crippen molar-refractivity contribution in [2.45, 2.75) is 32.5 Å². The first-order valence-corrected chi connectivity index (χ1v) is 10.4. The number of carbonyl (C=O) groups is 1. The molecule has 4 N–H and O–H groups in total. The number of nitrogens with zero attached hydrogens (tertiary/aromatic N) is 3. The molecule has 1 amide bonds. The van der Waals surface area contributed by atoms with Gasteiger partial charge in [-0.15, -0.1) is 0 Å². The van der Waals surface area contributed by atoms with Gasteiger partial charge in [0.05, 0.1) is 5.92 Å². The Hall–Kier alpha value is -3.43. The maximum Gasteiger partial charge on any atom is 0.387 e. The van der Waals surface area contributed by atoms with Crippen molar-refractivity contribution in [3.63, 3.8) is 0 Å². The lowest BCUT2D eigenvalue weighted by molar-refractivity contribution is -0.122. The maximum atomic E-state index is 12.6. The van der Waals surface area contributed by atoms with E-state index in [2.05, 4.69) is 30.2 Å². The van der Waals surface area contributed by atoms with Crippen molar-refractivity contribution in [2.24, 2.45) is 16.6 Å². The number of aliphatic imine (C=N–C) groups is 1. The molecule has 8 nitrogen and oxygen atoms in total. The van der Waals surface area contributed by atoms with Gasteiger partial charge in [0, 0.05) is 50.6 Å². The summed E-state index contributed by atoms with van der Waals surface area (Å²) in [5.41, 5.74) is 7.04. The third-order valence-electron chi connectivity index (χ3n) is 5.30. The van der Waals surface area contributed by atoms with Gasteiger partial charge in [0.2, 0.25) is 5.91 Å². The van der Waals surface area contributed by atoms with Gasteiger partial charge in [0.15, 0.2) is 5.96 Å². The van der Waals surface area contributed by atoms with E-state index in [1.807, 2.05) is 12.1 Å². The number of alkyl halides is 2. The molecule has 3 rings (SSSR count). The maximum absolute atomic E-state index is 12.6. The number of amides is 1. The fourth-order valence-corrected chi connectivity index (χ4v) is 3.69. The number of anilines is 1. The highest BCUT2D eigenvalue weighted by Crippen LogP contribution is 2.24. The van der Waals surface area contributed by atoms with E-state index < -0.39 is 6.61 Å². The predicted octanol–water partition coefficient (Wildman–Crippen LogP) is 2.25. The molecule has 1 aromatic heterocycles. The van der Waals surface area contributed by atoms with Crippen LogP contribution < -0.4 is 26.0 Å². The van der Waals surface area contributed by atoms with Crippen molar-refractivity contribution in [1.29, 1.82) is 0 Å². The Morgan fingerprint density at radius 3 is 2.69 bits per heavy atom. The van der Waals surface area contributed by atoms with Crippen molar-refractivity contribution in [3.8, 4) is 5.75 Å². The summed E-state index contributed by atoms with van der Waals surface area (Å²) in [6.45, 7) is -0.832. The lowest BCUT2D eigenvalue weighted by Gasteiger charge is -2.33. The van der Waals surface area contributed by atoms with Crippen molar-refractivity contribution in [3.05, 3.63) is 53.7 Å². The number of benzene rings is 1. The molecule has 0 aliphatic carbocycles. The van der Waals surface area contributed by atoms with Crippen LogP contribution in [0.2, 0.25) is 0 Å². The lowest BCUT2D eigenvalue weighted by Crippen LogP contribution is -2.42. The highest BCUT2D eigenvalue weighted by molar-refractivity contribution is 5.80. The summed E-state index contributed by atoms with van der Waals surface area (Å²) in [6.07, 6.45) is 3.39. The van der Waals surface area contributed by atoms with E-state index >= 15 is 0 Å². The number of pyridine rings is 1. The second-order valence-corrected chi connectivity index (χ2v) is 7.44. The van der Waals surface area contributed by atoms with Crippen LogP contribution in [0.1, 0.15) is 24.0 Å². The van der Waals surface area contributed by atoms with Gasteiger partial charge in [0.25, 0.3) is 0 Å². The number of hydrogen-bond acceptors (Lipinski definition) is 5. The van der Waals surface area contributed by atoms with Gasteiger partial charge in [0.1, 0.15) is 11.6 Å². The van der Waals surface area contributed by atoms with E-state index in [1.165, 1.54) is 6.07 Å². The zero-order chi connectivity index (χ0) is 22.9. The molecule has 1 fully saturated rings. The lowest BCUT2D eigenvalue weighted by atomic mass is 9.97. The topological polar surface area (TPSA) is 105 Å². The number of nitrogens with one attached hydrogen (secondary N) is 2. The molecule has 0 spiro atoms. The summed E-state index contributed by atoms with van der Waals surface area (Å²) in [5.74, 6) is 0.953. The Morgan fingerprint density at radius 2 is 1.97 bits per heavy atom. The minimum atomic E-state index is -2.89. The van der Waals surface area contributed by atoms with Crippen molar-refractivity contribution in [1.82, 2.24) is 15.6 Å². The summed E-state index contributed by atoms with van der Waals surface area (Å²) in [7, 11) is 1.63. The second-order valence-electron chi connectivity index (χ2n) is 7.44. The minimum absolute atomic E-state index is 0.120. The highest BCUT2D eigenvalue weighted by Gasteiger charge is 2.26. The van der Waals surface area contributed by atoms with Crippen LogP contribution in [0.25, 0.3) is 0 Å². The van der Waals surface area contributed by atoms with Gasteiger partial charge >= 0.3 is 6.61 Å². The number of hydrogen-bond donors (Lipinski definition) is 3. The van der Waals surface area contributed by atoms with Crippen molar-refractivity contribution >= 4 is 17.7 Å². The number of nitrogens with two attached hydrogens (primary N) is 1. The number of piperidine rings is 1. The number of rotatable bonds is 8. The zero-order valence-corrected chi connectivity index (χ0v) is 17.9. The summed E-state index contributed by atoms with van der Waals surface area (Å²) >= 11 is 0. The van der Waals surface area contributed by atoms with Crippen LogP contribution in [0.5, 0.6) is 5.75 Å². The average molecular weight is 447 g/mol. The van der Waals surface area contributed by atoms with E-state index in [0.717, 1.165) is 30.8 Å². The Balaban J connectivity index is 1.62. The first-order chi connectivity index (χ1) is 15.5. The summed E-state index contributed by atoms with van der Waals surface area (Å²) in [5, 5.41) is 6.33. The normalized spacial score (nSPS) is 16.7. The molecule has 2 heterocycles. The quantitative estimate of drug-likeness (QED) is 0.424. The number of aromatic nitrogens is 1. The fraction of sp³-hybridized carbons (Fsp3) is 0.409. The molecule has 10 heteroatoms. The summed E-state index contributed by atoms with van der Waals surface area (Å²) < 4.78 is 29.8. The molecule has 1 unspecified atom stereocenters. The van der Waals surface area contributed by atoms with Crippen LogP contribution in [0.3, 0.4) is 0 Å². The summed E-state index contributed by atoms with van der Waals surface area (Å²) in [6, 6.07) is 10.4. The van der Waals surface area contributed by atoms with Gasteiger partial charge in [-0.1, -0.05) is 24.3 Å². The van der Waals surface area contributed by atoms with Gasteiger partial charge in [-0.2, -0.15) is 8.78 Å². The SMILES string of the molecule is CN=C(NCc1ccccc1OC(F)F)NCc1cccnc1N1CCCC(C(N)=O)C1. The molecule has 1 saturated heterocycles. The molecular weight excluding hydrogens is 418 g/mol. The largest absolute Gasteiger partial charge is 0.434 e. The number of carbonyl (C=O) groups excluding carboxylic acids is 1. The predicted molar refractivity (Wildman–Crippen MR) is 118 cm³/mol. The molecule has 172 valence electrons. The Bertz CT molecular complexity index is 940. The van der Waals surface area contributed by atoms with Crippen LogP contribution >= 0.6 is 0 Å². The average Bonchev–Trinajstić information content (AvgIpc) is 2.80. The van der Waals surface area contributed by atoms with Crippen LogP contribution in [0.4, 0.5) is 14.6 Å². The van der Waals surface area contributed by atoms with Crippen molar-refractivity contribution in [2.75, 3.05) is 25.0 Å². The molecule has 0 saturated carbocycles. The van der Waals surface area contributed by atoms with E-state index in [1.54, 1.807) is 31.4 Å². The monoisotopic (exact) mass is 446 g/mol. The standard InChI is InChI=1S/C22H28F2N6O2/c1-26-22(28-12-15-6-2-3-9-18(15)32-21(23)24)29-13-16-7-4-10-27-20(16)30-11-5-8-17(14-30)19(25)31/h2-4,6-7,9-10,17,21H,5,8,11-14H2,1H3,(H2,25,31)(H2,26,28,29). The highest BCUT2D eigenvalue weighted by atomic mass is 19.3. The van der Waals surface area contributed by atoms with E-state index in [-0.39, 0.29) is 24.1 Å². The van der Waals surface area contributed by atoms with E-state index in [9.17, 15) is 13.6 Å². The second kappa shape index (κ2) is 11.3. The third kappa shape index (κ3) is 6.29. The van der Waals surface area contributed by atoms with E-state index in [0.29, 0.717) is 24.6 Å². The number of para-hydroxylation sites is 1. The first kappa shape index (κ1) is 23.2. The van der Waals surface area contributed by atoms with Gasteiger partial charge < -0.3 is 26.0 Å². The number of ether oxygens (including phenoxy) is 1. The number of halogens is 2. The van der Waals surface area contributed by atoms with Crippen LogP contribution in [-0.4, -0.2) is 43.6 Å². The van der Waals surface area contributed by atoms with Gasteiger partial charge in [-0.05, 0) is 25.0 Å². The molecule has 0 bridgehead atoms. The van der Waals surface area contributed by atoms with Gasteiger partial charge in [-0.25, -0.2) is 4.98 Å². The first-order valence-electron chi connectivity index (χ1n) is 10.4. The number of primary amides is 1. The molecule has 1 aliphatic heterocycles. The Morgan fingerprint density at radius 1 is 1.25 bits per heavy atom. The fourth-order valence-electron chi connectivity index (χ4n) is 3.69. The smallest absolute Gasteiger partial charge is 0.387 e. The zero-order valence-electron chi connectivity index (χ0n) is 17.9. The molecule has 0 radical (unpaired) electrons. The summed E-state index contributed by atoms with van der Waals surface area (Å²) in [4.78, 5) is 22.4.